The Morgan fingerprint density at radius 3 is 1.86 bits per heavy atom. The maximum absolute atomic E-state index is 12.8. The highest BCUT2D eigenvalue weighted by Gasteiger charge is 2.23. The maximum Gasteiger partial charge on any atom is 0.316 e. The van der Waals surface area contributed by atoms with Crippen molar-refractivity contribution in [2.24, 2.45) is 0 Å². The highest BCUT2D eigenvalue weighted by atomic mass is 16.2. The smallest absolute Gasteiger partial charge is 0.316 e. The third-order valence-electron chi connectivity index (χ3n) is 4.46. The zero-order valence-corrected chi connectivity index (χ0v) is 15.8. The van der Waals surface area contributed by atoms with Gasteiger partial charge in [0.15, 0.2) is 0 Å². The zero-order valence-electron chi connectivity index (χ0n) is 15.8. The van der Waals surface area contributed by atoms with Gasteiger partial charge in [-0.05, 0) is 36.1 Å². The van der Waals surface area contributed by atoms with Gasteiger partial charge in [-0.25, -0.2) is 0 Å². The SMILES string of the molecule is O=C(NCCCc1ccccc1)C(=O)N(Cc1ccccc1)c1ccccc1. The predicted octanol–water partition coefficient (Wildman–Crippen LogP) is 3.97. The molecule has 0 aliphatic carbocycles. The van der Waals surface area contributed by atoms with Crippen molar-refractivity contribution >= 4 is 17.5 Å². The van der Waals surface area contributed by atoms with Crippen LogP contribution in [-0.4, -0.2) is 18.4 Å². The lowest BCUT2D eigenvalue weighted by atomic mass is 10.1. The lowest BCUT2D eigenvalue weighted by molar-refractivity contribution is -0.137. The van der Waals surface area contributed by atoms with E-state index in [4.69, 9.17) is 0 Å². The molecular weight excluding hydrogens is 348 g/mol. The molecule has 0 atom stereocenters. The van der Waals surface area contributed by atoms with E-state index in [1.807, 2.05) is 78.9 Å². The Bertz CT molecular complexity index is 880. The van der Waals surface area contributed by atoms with E-state index in [1.54, 1.807) is 0 Å². The van der Waals surface area contributed by atoms with Crippen molar-refractivity contribution in [3.05, 3.63) is 102 Å². The van der Waals surface area contributed by atoms with Crippen LogP contribution in [0, 0.1) is 0 Å². The third kappa shape index (κ3) is 5.55. The molecular formula is C24H24N2O2. The molecule has 0 aromatic heterocycles. The van der Waals surface area contributed by atoms with Gasteiger partial charge in [-0.15, -0.1) is 0 Å². The summed E-state index contributed by atoms with van der Waals surface area (Å²) in [4.78, 5) is 26.8. The van der Waals surface area contributed by atoms with Gasteiger partial charge in [0.1, 0.15) is 0 Å². The number of anilines is 1. The molecule has 0 aliphatic heterocycles. The summed E-state index contributed by atoms with van der Waals surface area (Å²) in [6, 6.07) is 29.0. The normalized spacial score (nSPS) is 10.3. The molecule has 4 nitrogen and oxygen atoms in total. The molecule has 0 aliphatic rings. The van der Waals surface area contributed by atoms with Gasteiger partial charge in [-0.3, -0.25) is 14.5 Å². The number of aryl methyl sites for hydroxylation is 1. The highest BCUT2D eigenvalue weighted by Crippen LogP contribution is 2.17. The fourth-order valence-corrected chi connectivity index (χ4v) is 2.99. The Morgan fingerprint density at radius 1 is 0.714 bits per heavy atom. The summed E-state index contributed by atoms with van der Waals surface area (Å²) in [5.41, 5.74) is 2.89. The predicted molar refractivity (Wildman–Crippen MR) is 112 cm³/mol. The Morgan fingerprint density at radius 2 is 1.25 bits per heavy atom. The van der Waals surface area contributed by atoms with Crippen molar-refractivity contribution in [3.8, 4) is 0 Å². The second-order valence-corrected chi connectivity index (χ2v) is 6.56. The molecule has 4 heteroatoms. The van der Waals surface area contributed by atoms with Crippen LogP contribution in [0.2, 0.25) is 0 Å². The molecule has 28 heavy (non-hydrogen) atoms. The molecule has 3 aromatic rings. The number of amides is 2. The first kappa shape index (κ1) is 19.4. The van der Waals surface area contributed by atoms with E-state index in [-0.39, 0.29) is 0 Å². The van der Waals surface area contributed by atoms with E-state index in [0.717, 1.165) is 18.4 Å². The van der Waals surface area contributed by atoms with Gasteiger partial charge in [0.2, 0.25) is 0 Å². The van der Waals surface area contributed by atoms with E-state index in [1.165, 1.54) is 10.5 Å². The number of hydrogen-bond donors (Lipinski definition) is 1. The quantitative estimate of drug-likeness (QED) is 0.504. The second-order valence-electron chi connectivity index (χ2n) is 6.56. The van der Waals surface area contributed by atoms with Crippen molar-refractivity contribution in [1.29, 1.82) is 0 Å². The monoisotopic (exact) mass is 372 g/mol. The molecule has 1 N–H and O–H groups in total. The first-order valence-electron chi connectivity index (χ1n) is 9.46. The van der Waals surface area contributed by atoms with Crippen LogP contribution in [0.4, 0.5) is 5.69 Å². The lowest BCUT2D eigenvalue weighted by Gasteiger charge is -2.22. The van der Waals surface area contributed by atoms with Gasteiger partial charge in [-0.1, -0.05) is 78.9 Å². The van der Waals surface area contributed by atoms with Crippen LogP contribution in [0.1, 0.15) is 17.5 Å². The summed E-state index contributed by atoms with van der Waals surface area (Å²) in [6.45, 7) is 0.814. The van der Waals surface area contributed by atoms with Crippen molar-refractivity contribution in [3.63, 3.8) is 0 Å². The lowest BCUT2D eigenvalue weighted by Crippen LogP contribution is -2.43. The summed E-state index contributed by atoms with van der Waals surface area (Å²) < 4.78 is 0. The molecule has 0 fully saturated rings. The molecule has 0 unspecified atom stereocenters. The summed E-state index contributed by atoms with van der Waals surface area (Å²) in [6.07, 6.45) is 1.65. The Hall–Kier alpha value is -3.40. The van der Waals surface area contributed by atoms with Crippen LogP contribution in [0.3, 0.4) is 0 Å². The first-order valence-corrected chi connectivity index (χ1v) is 9.46. The number of nitrogens with zero attached hydrogens (tertiary/aromatic N) is 1. The van der Waals surface area contributed by atoms with Gasteiger partial charge in [0, 0.05) is 12.2 Å². The molecule has 0 bridgehead atoms. The highest BCUT2D eigenvalue weighted by molar-refractivity contribution is 6.40. The number of rotatable bonds is 7. The van der Waals surface area contributed by atoms with Crippen LogP contribution >= 0.6 is 0 Å². The zero-order chi connectivity index (χ0) is 19.6. The van der Waals surface area contributed by atoms with Gasteiger partial charge in [-0.2, -0.15) is 0 Å². The molecule has 0 spiro atoms. The minimum atomic E-state index is -0.576. The molecule has 0 radical (unpaired) electrons. The van der Waals surface area contributed by atoms with Crippen molar-refractivity contribution < 1.29 is 9.59 Å². The fourth-order valence-electron chi connectivity index (χ4n) is 2.99. The third-order valence-corrected chi connectivity index (χ3v) is 4.46. The summed E-state index contributed by atoms with van der Waals surface area (Å²) >= 11 is 0. The fraction of sp³-hybridized carbons (Fsp3) is 0.167. The average Bonchev–Trinajstić information content (AvgIpc) is 2.76. The molecule has 142 valence electrons. The number of carbonyl (C=O) groups excluding carboxylic acids is 2. The van der Waals surface area contributed by atoms with Crippen LogP contribution < -0.4 is 10.2 Å². The van der Waals surface area contributed by atoms with Crippen LogP contribution in [0.25, 0.3) is 0 Å². The van der Waals surface area contributed by atoms with Gasteiger partial charge < -0.3 is 5.32 Å². The van der Waals surface area contributed by atoms with E-state index in [0.29, 0.717) is 18.8 Å². The number of benzene rings is 3. The molecule has 3 aromatic carbocycles. The number of hydrogen-bond acceptors (Lipinski definition) is 2. The molecule has 0 saturated heterocycles. The van der Waals surface area contributed by atoms with Crippen molar-refractivity contribution in [2.75, 3.05) is 11.4 Å². The largest absolute Gasteiger partial charge is 0.348 e. The van der Waals surface area contributed by atoms with Crippen LogP contribution in [0.15, 0.2) is 91.0 Å². The van der Waals surface area contributed by atoms with E-state index >= 15 is 0 Å². The summed E-state index contributed by atoms with van der Waals surface area (Å²) in [5, 5.41) is 2.76. The first-order chi connectivity index (χ1) is 13.7. The minimum Gasteiger partial charge on any atom is -0.348 e. The standard InChI is InChI=1S/C24H24N2O2/c27-23(25-18-10-15-20-11-4-1-5-12-20)24(28)26(22-16-8-3-9-17-22)19-21-13-6-2-7-14-21/h1-9,11-14,16-17H,10,15,18-19H2,(H,25,27). The Kier molecular flexibility index (Phi) is 6.96. The molecule has 0 saturated carbocycles. The van der Waals surface area contributed by atoms with Gasteiger partial charge in [0.25, 0.3) is 0 Å². The van der Waals surface area contributed by atoms with Crippen molar-refractivity contribution in [1.82, 2.24) is 5.32 Å². The van der Waals surface area contributed by atoms with E-state index in [2.05, 4.69) is 17.4 Å². The number of nitrogens with one attached hydrogen (secondary N) is 1. The minimum absolute atomic E-state index is 0.348. The van der Waals surface area contributed by atoms with Gasteiger partial charge >= 0.3 is 11.8 Å². The van der Waals surface area contributed by atoms with E-state index < -0.39 is 11.8 Å². The maximum atomic E-state index is 12.8. The number of para-hydroxylation sites is 1. The second kappa shape index (κ2) is 10.1. The molecule has 0 heterocycles. The Balaban J connectivity index is 1.60. The van der Waals surface area contributed by atoms with E-state index in [9.17, 15) is 9.59 Å². The molecule has 2 amide bonds. The summed E-state index contributed by atoms with van der Waals surface area (Å²) in [7, 11) is 0. The summed E-state index contributed by atoms with van der Waals surface area (Å²) in [5.74, 6) is -1.12. The van der Waals surface area contributed by atoms with Crippen molar-refractivity contribution in [2.45, 2.75) is 19.4 Å². The topological polar surface area (TPSA) is 49.4 Å². The molecule has 3 rings (SSSR count). The van der Waals surface area contributed by atoms with Crippen LogP contribution in [-0.2, 0) is 22.6 Å². The number of carbonyl (C=O) groups is 2. The van der Waals surface area contributed by atoms with Crippen LogP contribution in [0.5, 0.6) is 0 Å². The Labute approximate surface area is 165 Å². The van der Waals surface area contributed by atoms with Gasteiger partial charge in [0.05, 0.1) is 6.54 Å². The average molecular weight is 372 g/mol.